The number of ether oxygens (including phenoxy) is 1. The maximum absolute atomic E-state index is 11.6. The van der Waals surface area contributed by atoms with Crippen molar-refractivity contribution in [2.24, 2.45) is 0 Å². The summed E-state index contributed by atoms with van der Waals surface area (Å²) in [5, 5.41) is 7.37. The lowest BCUT2D eigenvalue weighted by Gasteiger charge is -2.04. The van der Waals surface area contributed by atoms with E-state index in [1.54, 1.807) is 24.7 Å². The standard InChI is InChI=1S/C14H13ClN2O2S2/c1-19-12-4-3-9(7-10(12)15)11-8-21-14(16-11)17-13(18)5-6-20-2/h3-8H,1-2H3,(H,16,17,18). The number of halogens is 1. The van der Waals surface area contributed by atoms with Crippen molar-refractivity contribution >= 4 is 45.7 Å². The molecule has 0 aliphatic rings. The number of carbonyl (C=O) groups is 1. The van der Waals surface area contributed by atoms with Crippen molar-refractivity contribution in [3.05, 3.63) is 40.1 Å². The number of aromatic nitrogens is 1. The molecule has 1 amide bonds. The van der Waals surface area contributed by atoms with E-state index in [0.717, 1.165) is 11.3 Å². The van der Waals surface area contributed by atoms with Crippen molar-refractivity contribution in [3.8, 4) is 17.0 Å². The van der Waals surface area contributed by atoms with Gasteiger partial charge in [0, 0.05) is 17.0 Å². The molecule has 0 spiro atoms. The molecule has 7 heteroatoms. The molecular weight excluding hydrogens is 328 g/mol. The summed E-state index contributed by atoms with van der Waals surface area (Å²) in [5.41, 5.74) is 1.63. The Bertz CT molecular complexity index is 671. The van der Waals surface area contributed by atoms with Crippen LogP contribution in [0.5, 0.6) is 5.75 Å². The largest absolute Gasteiger partial charge is 0.495 e. The van der Waals surface area contributed by atoms with E-state index in [9.17, 15) is 4.79 Å². The lowest BCUT2D eigenvalue weighted by molar-refractivity contribution is -0.111. The van der Waals surface area contributed by atoms with Gasteiger partial charge in [0.05, 0.1) is 17.8 Å². The molecular formula is C14H13ClN2O2S2. The second-order valence-corrected chi connectivity index (χ2v) is 5.92. The maximum atomic E-state index is 11.6. The highest BCUT2D eigenvalue weighted by molar-refractivity contribution is 8.01. The minimum Gasteiger partial charge on any atom is -0.495 e. The molecule has 0 unspecified atom stereocenters. The van der Waals surface area contributed by atoms with Gasteiger partial charge in [0.25, 0.3) is 5.91 Å². The van der Waals surface area contributed by atoms with Gasteiger partial charge >= 0.3 is 0 Å². The van der Waals surface area contributed by atoms with Crippen LogP contribution < -0.4 is 10.1 Å². The van der Waals surface area contributed by atoms with Crippen molar-refractivity contribution < 1.29 is 9.53 Å². The number of carbonyl (C=O) groups excluding carboxylic acids is 1. The van der Waals surface area contributed by atoms with Crippen LogP contribution in [0.15, 0.2) is 35.1 Å². The van der Waals surface area contributed by atoms with Crippen LogP contribution in [0.25, 0.3) is 11.3 Å². The number of hydrogen-bond donors (Lipinski definition) is 1. The lowest BCUT2D eigenvalue weighted by Crippen LogP contribution is -2.07. The molecule has 0 aliphatic carbocycles. The molecule has 0 atom stereocenters. The summed E-state index contributed by atoms with van der Waals surface area (Å²) >= 11 is 8.92. The number of anilines is 1. The molecule has 2 rings (SSSR count). The highest BCUT2D eigenvalue weighted by atomic mass is 35.5. The summed E-state index contributed by atoms with van der Waals surface area (Å²) in [6, 6.07) is 5.45. The van der Waals surface area contributed by atoms with Crippen LogP contribution >= 0.6 is 34.7 Å². The third-order valence-electron chi connectivity index (χ3n) is 2.54. The Morgan fingerprint density at radius 2 is 2.33 bits per heavy atom. The maximum Gasteiger partial charge on any atom is 0.250 e. The molecule has 0 aliphatic heterocycles. The number of hydrogen-bond acceptors (Lipinski definition) is 5. The summed E-state index contributed by atoms with van der Waals surface area (Å²) in [6.45, 7) is 0. The first-order valence-electron chi connectivity index (χ1n) is 5.94. The number of thioether (sulfide) groups is 1. The van der Waals surface area contributed by atoms with Gasteiger partial charge in [-0.2, -0.15) is 0 Å². The van der Waals surface area contributed by atoms with Crippen LogP contribution in [-0.4, -0.2) is 24.3 Å². The Morgan fingerprint density at radius 3 is 3.00 bits per heavy atom. The first-order chi connectivity index (χ1) is 10.1. The van der Waals surface area contributed by atoms with Gasteiger partial charge < -0.3 is 4.74 Å². The smallest absolute Gasteiger partial charge is 0.250 e. The number of nitrogens with one attached hydrogen (secondary N) is 1. The normalized spacial score (nSPS) is 10.8. The van der Waals surface area contributed by atoms with E-state index in [4.69, 9.17) is 16.3 Å². The van der Waals surface area contributed by atoms with E-state index in [0.29, 0.717) is 15.9 Å². The predicted molar refractivity (Wildman–Crippen MR) is 90.4 cm³/mol. The first kappa shape index (κ1) is 15.9. The average Bonchev–Trinajstić information content (AvgIpc) is 2.93. The van der Waals surface area contributed by atoms with Crippen molar-refractivity contribution in [2.75, 3.05) is 18.7 Å². The summed E-state index contributed by atoms with van der Waals surface area (Å²) in [7, 11) is 1.57. The van der Waals surface area contributed by atoms with Gasteiger partial charge in [-0.1, -0.05) is 11.6 Å². The van der Waals surface area contributed by atoms with Crippen molar-refractivity contribution in [1.82, 2.24) is 4.98 Å². The van der Waals surface area contributed by atoms with Gasteiger partial charge in [0.1, 0.15) is 5.75 Å². The predicted octanol–water partition coefficient (Wildman–Crippen LogP) is 4.29. The van der Waals surface area contributed by atoms with Crippen LogP contribution in [0.3, 0.4) is 0 Å². The minimum atomic E-state index is -0.196. The molecule has 0 radical (unpaired) electrons. The fourth-order valence-corrected chi connectivity index (χ4v) is 2.81. The highest BCUT2D eigenvalue weighted by Crippen LogP contribution is 2.31. The van der Waals surface area contributed by atoms with E-state index in [2.05, 4.69) is 10.3 Å². The van der Waals surface area contributed by atoms with Gasteiger partial charge in [0.15, 0.2) is 5.13 Å². The molecule has 1 aromatic heterocycles. The van der Waals surface area contributed by atoms with Crippen molar-refractivity contribution in [2.45, 2.75) is 0 Å². The van der Waals surface area contributed by atoms with E-state index in [1.807, 2.05) is 17.7 Å². The fraction of sp³-hybridized carbons (Fsp3) is 0.143. The third-order valence-corrected chi connectivity index (χ3v) is 4.00. The second kappa shape index (κ2) is 7.49. The molecule has 0 saturated carbocycles. The molecule has 1 heterocycles. The van der Waals surface area contributed by atoms with Crippen LogP contribution in [0.1, 0.15) is 0 Å². The molecule has 21 heavy (non-hydrogen) atoms. The molecule has 1 aromatic carbocycles. The minimum absolute atomic E-state index is 0.196. The molecule has 110 valence electrons. The second-order valence-electron chi connectivity index (χ2n) is 3.91. The van der Waals surface area contributed by atoms with Gasteiger partial charge in [-0.05, 0) is 29.9 Å². The monoisotopic (exact) mass is 340 g/mol. The van der Waals surface area contributed by atoms with E-state index >= 15 is 0 Å². The first-order valence-corrected chi connectivity index (χ1v) is 8.48. The zero-order chi connectivity index (χ0) is 15.2. The molecule has 1 N–H and O–H groups in total. The van der Waals surface area contributed by atoms with Crippen molar-refractivity contribution in [3.63, 3.8) is 0 Å². The Hall–Kier alpha value is -1.50. The van der Waals surface area contributed by atoms with Crippen LogP contribution in [0.2, 0.25) is 5.02 Å². The molecule has 4 nitrogen and oxygen atoms in total. The number of thiazole rings is 1. The highest BCUT2D eigenvalue weighted by Gasteiger charge is 2.08. The number of nitrogens with zero attached hydrogens (tertiary/aromatic N) is 1. The van der Waals surface area contributed by atoms with Gasteiger partial charge in [-0.25, -0.2) is 4.98 Å². The Labute approximate surface area is 136 Å². The summed E-state index contributed by atoms with van der Waals surface area (Å²) in [6.07, 6.45) is 3.36. The van der Waals surface area contributed by atoms with E-state index in [-0.39, 0.29) is 5.91 Å². The zero-order valence-electron chi connectivity index (χ0n) is 11.4. The Balaban J connectivity index is 2.14. The van der Waals surface area contributed by atoms with Gasteiger partial charge in [-0.15, -0.1) is 23.1 Å². The van der Waals surface area contributed by atoms with Crippen molar-refractivity contribution in [1.29, 1.82) is 0 Å². The average molecular weight is 341 g/mol. The Morgan fingerprint density at radius 1 is 1.52 bits per heavy atom. The number of amides is 1. The van der Waals surface area contributed by atoms with Crippen LogP contribution in [-0.2, 0) is 4.79 Å². The van der Waals surface area contributed by atoms with Crippen LogP contribution in [0.4, 0.5) is 5.13 Å². The zero-order valence-corrected chi connectivity index (χ0v) is 13.8. The topological polar surface area (TPSA) is 51.2 Å². The quantitative estimate of drug-likeness (QED) is 0.825. The molecule has 0 saturated heterocycles. The van der Waals surface area contributed by atoms with Crippen LogP contribution in [0, 0.1) is 0 Å². The summed E-state index contributed by atoms with van der Waals surface area (Å²) < 4.78 is 5.11. The number of rotatable bonds is 5. The number of benzene rings is 1. The summed E-state index contributed by atoms with van der Waals surface area (Å²) in [5.74, 6) is 0.421. The number of methoxy groups -OCH3 is 1. The SMILES string of the molecule is COc1ccc(-c2csc(NC(=O)C=CSC)n2)cc1Cl. The molecule has 2 aromatic rings. The van der Waals surface area contributed by atoms with E-state index < -0.39 is 0 Å². The third kappa shape index (κ3) is 4.23. The Kier molecular flexibility index (Phi) is 5.67. The summed E-state index contributed by atoms with van der Waals surface area (Å²) in [4.78, 5) is 15.9. The lowest BCUT2D eigenvalue weighted by atomic mass is 10.2. The molecule has 0 fully saturated rings. The fourth-order valence-electron chi connectivity index (χ4n) is 1.57. The van der Waals surface area contributed by atoms with Gasteiger partial charge in [0.2, 0.25) is 0 Å². The van der Waals surface area contributed by atoms with Gasteiger partial charge in [-0.3, -0.25) is 10.1 Å². The van der Waals surface area contributed by atoms with E-state index in [1.165, 1.54) is 29.2 Å². The molecule has 0 bridgehead atoms.